The van der Waals surface area contributed by atoms with Gasteiger partial charge in [0.15, 0.2) is 0 Å². The number of hydrogen-bond donors (Lipinski definition) is 3. The molecule has 1 aromatic rings. The number of anilines is 2. The van der Waals surface area contributed by atoms with Crippen LogP contribution in [0.4, 0.5) is 11.4 Å². The summed E-state index contributed by atoms with van der Waals surface area (Å²) < 4.78 is 0. The number of carbonyl (C=O) groups excluding carboxylic acids is 1. The topological polar surface area (TPSA) is 92.6 Å². The normalized spacial score (nSPS) is 17.1. The summed E-state index contributed by atoms with van der Waals surface area (Å²) in [7, 11) is 0. The highest BCUT2D eigenvalue weighted by Gasteiger charge is 2.19. The lowest BCUT2D eigenvalue weighted by molar-refractivity contribution is 0.100. The van der Waals surface area contributed by atoms with Crippen LogP contribution in [0, 0.1) is 0 Å². The maximum Gasteiger partial charge on any atom is 0.248 e. The van der Waals surface area contributed by atoms with Crippen LogP contribution in [0.25, 0.3) is 0 Å². The number of nitrogens with two attached hydrogens (primary N) is 2. The molecule has 17 heavy (non-hydrogen) atoms. The number of aliphatic hydroxyl groups is 1. The van der Waals surface area contributed by atoms with Gasteiger partial charge >= 0.3 is 0 Å². The minimum Gasteiger partial charge on any atom is -0.397 e. The zero-order valence-corrected chi connectivity index (χ0v) is 9.60. The van der Waals surface area contributed by atoms with E-state index >= 15 is 0 Å². The third-order valence-corrected chi connectivity index (χ3v) is 3.12. The first-order valence-corrected chi connectivity index (χ1v) is 5.70. The van der Waals surface area contributed by atoms with Crippen LogP contribution in [0.1, 0.15) is 23.2 Å². The summed E-state index contributed by atoms with van der Waals surface area (Å²) in [6.07, 6.45) is 1.28. The number of rotatable bonds is 2. The Labute approximate surface area is 100 Å². The maximum atomic E-state index is 11.0. The van der Waals surface area contributed by atoms with Crippen molar-refractivity contribution in [2.45, 2.75) is 18.9 Å². The van der Waals surface area contributed by atoms with Crippen molar-refractivity contribution in [1.29, 1.82) is 0 Å². The first-order valence-electron chi connectivity index (χ1n) is 5.70. The zero-order chi connectivity index (χ0) is 12.4. The average molecular weight is 235 g/mol. The molecule has 1 aromatic carbocycles. The number of benzene rings is 1. The van der Waals surface area contributed by atoms with Gasteiger partial charge in [0.1, 0.15) is 0 Å². The molecule has 5 heteroatoms. The Hall–Kier alpha value is -1.75. The fraction of sp³-hybridized carbons (Fsp3) is 0.417. The quantitative estimate of drug-likeness (QED) is 0.644. The van der Waals surface area contributed by atoms with Crippen molar-refractivity contribution in [2.24, 2.45) is 5.73 Å². The molecule has 5 N–H and O–H groups in total. The summed E-state index contributed by atoms with van der Waals surface area (Å²) in [5.74, 6) is -0.475. The molecule has 0 saturated carbocycles. The summed E-state index contributed by atoms with van der Waals surface area (Å²) >= 11 is 0. The van der Waals surface area contributed by atoms with Gasteiger partial charge in [-0.15, -0.1) is 0 Å². The molecule has 1 saturated heterocycles. The lowest BCUT2D eigenvalue weighted by Crippen LogP contribution is -2.36. The standard InChI is InChI=1S/C12H17N3O2/c13-10-7-8(12(14)17)1-2-11(10)15-5-3-9(16)4-6-15/h1-2,7,9,16H,3-6,13H2,(H2,14,17). The highest BCUT2D eigenvalue weighted by atomic mass is 16.3. The molecule has 92 valence electrons. The van der Waals surface area contributed by atoms with Crippen LogP contribution in [0.15, 0.2) is 18.2 Å². The van der Waals surface area contributed by atoms with E-state index in [1.807, 2.05) is 6.07 Å². The van der Waals surface area contributed by atoms with E-state index in [1.165, 1.54) is 0 Å². The van der Waals surface area contributed by atoms with E-state index in [9.17, 15) is 9.90 Å². The van der Waals surface area contributed by atoms with Crippen LogP contribution in [0.2, 0.25) is 0 Å². The molecule has 1 amide bonds. The number of nitrogen functional groups attached to an aromatic ring is 1. The zero-order valence-electron chi connectivity index (χ0n) is 9.60. The maximum absolute atomic E-state index is 11.0. The van der Waals surface area contributed by atoms with E-state index in [-0.39, 0.29) is 6.10 Å². The fourth-order valence-corrected chi connectivity index (χ4v) is 2.10. The van der Waals surface area contributed by atoms with Crippen molar-refractivity contribution in [3.05, 3.63) is 23.8 Å². The summed E-state index contributed by atoms with van der Waals surface area (Å²) in [6.45, 7) is 1.56. The van der Waals surface area contributed by atoms with Gasteiger partial charge in [0.2, 0.25) is 5.91 Å². The Balaban J connectivity index is 2.19. The van der Waals surface area contributed by atoms with E-state index in [2.05, 4.69) is 4.90 Å². The van der Waals surface area contributed by atoms with Crippen LogP contribution in [0.5, 0.6) is 0 Å². The number of carbonyl (C=O) groups is 1. The van der Waals surface area contributed by atoms with E-state index in [4.69, 9.17) is 11.5 Å². The monoisotopic (exact) mass is 235 g/mol. The summed E-state index contributed by atoms with van der Waals surface area (Å²) in [5.41, 5.74) is 13.0. The number of nitrogens with zero attached hydrogens (tertiary/aromatic N) is 1. The van der Waals surface area contributed by atoms with Crippen molar-refractivity contribution >= 4 is 17.3 Å². The molecule has 0 radical (unpaired) electrons. The Morgan fingerprint density at radius 2 is 2.00 bits per heavy atom. The third kappa shape index (κ3) is 2.50. The average Bonchev–Trinajstić information content (AvgIpc) is 2.30. The lowest BCUT2D eigenvalue weighted by Gasteiger charge is -2.32. The molecule has 0 spiro atoms. The molecule has 0 atom stereocenters. The SMILES string of the molecule is NC(=O)c1ccc(N2CCC(O)CC2)c(N)c1. The van der Waals surface area contributed by atoms with E-state index in [0.29, 0.717) is 11.3 Å². The second-order valence-electron chi connectivity index (χ2n) is 4.36. The van der Waals surface area contributed by atoms with E-state index in [1.54, 1.807) is 12.1 Å². The Kier molecular flexibility index (Phi) is 3.19. The first-order chi connectivity index (χ1) is 8.08. The minimum absolute atomic E-state index is 0.211. The predicted molar refractivity (Wildman–Crippen MR) is 66.8 cm³/mol. The fourth-order valence-electron chi connectivity index (χ4n) is 2.10. The summed E-state index contributed by atoms with van der Waals surface area (Å²) in [6, 6.07) is 5.09. The largest absolute Gasteiger partial charge is 0.397 e. The Morgan fingerprint density at radius 3 is 2.53 bits per heavy atom. The van der Waals surface area contributed by atoms with Crippen LogP contribution < -0.4 is 16.4 Å². The second-order valence-corrected chi connectivity index (χ2v) is 4.36. The minimum atomic E-state index is -0.475. The van der Waals surface area contributed by atoms with Crippen LogP contribution in [-0.2, 0) is 0 Å². The van der Waals surface area contributed by atoms with Gasteiger partial charge in [-0.2, -0.15) is 0 Å². The molecule has 2 rings (SSSR count). The number of amides is 1. The van der Waals surface area contributed by atoms with Crippen molar-refractivity contribution in [2.75, 3.05) is 23.7 Å². The molecule has 0 unspecified atom stereocenters. The van der Waals surface area contributed by atoms with Crippen molar-refractivity contribution < 1.29 is 9.90 Å². The number of primary amides is 1. The smallest absolute Gasteiger partial charge is 0.248 e. The van der Waals surface area contributed by atoms with Gasteiger partial charge in [0, 0.05) is 18.7 Å². The van der Waals surface area contributed by atoms with Crippen molar-refractivity contribution in [1.82, 2.24) is 0 Å². The number of piperidine rings is 1. The molecular formula is C12H17N3O2. The lowest BCUT2D eigenvalue weighted by atomic mass is 10.1. The number of aliphatic hydroxyl groups excluding tert-OH is 1. The van der Waals surface area contributed by atoms with Gasteiger partial charge in [-0.3, -0.25) is 4.79 Å². The van der Waals surface area contributed by atoms with Gasteiger partial charge < -0.3 is 21.5 Å². The van der Waals surface area contributed by atoms with Gasteiger partial charge in [-0.25, -0.2) is 0 Å². The molecule has 0 bridgehead atoms. The van der Waals surface area contributed by atoms with Crippen LogP contribution >= 0.6 is 0 Å². The molecule has 1 aliphatic rings. The van der Waals surface area contributed by atoms with E-state index in [0.717, 1.165) is 31.6 Å². The number of hydrogen-bond acceptors (Lipinski definition) is 4. The Bertz CT molecular complexity index is 426. The molecule has 1 fully saturated rings. The van der Waals surface area contributed by atoms with Crippen LogP contribution in [-0.4, -0.2) is 30.2 Å². The molecule has 0 aromatic heterocycles. The second kappa shape index (κ2) is 4.63. The molecular weight excluding hydrogens is 218 g/mol. The molecule has 5 nitrogen and oxygen atoms in total. The molecule has 1 aliphatic heterocycles. The summed E-state index contributed by atoms with van der Waals surface area (Å²) in [5, 5.41) is 9.44. The predicted octanol–water partition coefficient (Wildman–Crippen LogP) is 0.329. The Morgan fingerprint density at radius 1 is 1.35 bits per heavy atom. The van der Waals surface area contributed by atoms with Gasteiger partial charge in [0.05, 0.1) is 17.5 Å². The van der Waals surface area contributed by atoms with Crippen molar-refractivity contribution in [3.63, 3.8) is 0 Å². The third-order valence-electron chi connectivity index (χ3n) is 3.12. The van der Waals surface area contributed by atoms with Gasteiger partial charge in [0.25, 0.3) is 0 Å². The van der Waals surface area contributed by atoms with Gasteiger partial charge in [-0.1, -0.05) is 0 Å². The molecule has 1 heterocycles. The first kappa shape index (κ1) is 11.7. The highest BCUT2D eigenvalue weighted by Crippen LogP contribution is 2.27. The van der Waals surface area contributed by atoms with Crippen LogP contribution in [0.3, 0.4) is 0 Å². The highest BCUT2D eigenvalue weighted by molar-refractivity contribution is 5.94. The summed E-state index contributed by atoms with van der Waals surface area (Å²) in [4.78, 5) is 13.1. The van der Waals surface area contributed by atoms with Gasteiger partial charge in [-0.05, 0) is 31.0 Å². The van der Waals surface area contributed by atoms with Crippen molar-refractivity contribution in [3.8, 4) is 0 Å². The van der Waals surface area contributed by atoms with E-state index < -0.39 is 5.91 Å². The molecule has 0 aliphatic carbocycles.